The maximum absolute atomic E-state index is 14.0. The van der Waals surface area contributed by atoms with Crippen molar-refractivity contribution < 1.29 is 13.5 Å². The zero-order valence-corrected chi connectivity index (χ0v) is 11.9. The summed E-state index contributed by atoms with van der Waals surface area (Å²) in [7, 11) is 1.64. The maximum atomic E-state index is 14.0. The summed E-state index contributed by atoms with van der Waals surface area (Å²) in [6, 6.07) is 3.14. The molecule has 0 radical (unpaired) electrons. The fourth-order valence-electron chi connectivity index (χ4n) is 2.05. The van der Waals surface area contributed by atoms with Crippen molar-refractivity contribution in [2.75, 3.05) is 20.3 Å². The lowest BCUT2D eigenvalue weighted by atomic mass is 9.99. The summed E-state index contributed by atoms with van der Waals surface area (Å²) in [5, 5.41) is 3.27. The van der Waals surface area contributed by atoms with Crippen LogP contribution >= 0.6 is 0 Å². The second kappa shape index (κ2) is 8.23. The Morgan fingerprint density at radius 2 is 2.00 bits per heavy atom. The summed E-state index contributed by atoms with van der Waals surface area (Å²) >= 11 is 0. The summed E-state index contributed by atoms with van der Waals surface area (Å²) in [4.78, 5) is 0. The van der Waals surface area contributed by atoms with Crippen LogP contribution < -0.4 is 5.32 Å². The van der Waals surface area contributed by atoms with Crippen molar-refractivity contribution in [2.24, 2.45) is 0 Å². The highest BCUT2D eigenvalue weighted by atomic mass is 19.2. The first kappa shape index (κ1) is 16.1. The van der Waals surface area contributed by atoms with Gasteiger partial charge < -0.3 is 10.1 Å². The molecule has 1 rings (SSSR count). The van der Waals surface area contributed by atoms with Crippen molar-refractivity contribution in [1.29, 1.82) is 0 Å². The van der Waals surface area contributed by atoms with E-state index in [-0.39, 0.29) is 6.04 Å². The molecule has 1 aromatic carbocycles. The lowest BCUT2D eigenvalue weighted by molar-refractivity contribution is 0.188. The van der Waals surface area contributed by atoms with E-state index in [9.17, 15) is 8.78 Å². The van der Waals surface area contributed by atoms with Crippen molar-refractivity contribution in [3.63, 3.8) is 0 Å². The van der Waals surface area contributed by atoms with E-state index in [1.807, 2.05) is 6.92 Å². The fraction of sp³-hybridized carbons (Fsp3) is 0.600. The molecule has 0 aliphatic heterocycles. The van der Waals surface area contributed by atoms with Gasteiger partial charge in [0.05, 0.1) is 0 Å². The molecule has 1 unspecified atom stereocenters. The van der Waals surface area contributed by atoms with Crippen molar-refractivity contribution in [3.8, 4) is 0 Å². The van der Waals surface area contributed by atoms with Crippen LogP contribution in [0.2, 0.25) is 0 Å². The number of halogens is 2. The van der Waals surface area contributed by atoms with Gasteiger partial charge in [0.15, 0.2) is 11.6 Å². The van der Waals surface area contributed by atoms with Crippen LogP contribution in [0.4, 0.5) is 8.78 Å². The second-order valence-corrected chi connectivity index (χ2v) is 4.74. The van der Waals surface area contributed by atoms with Gasteiger partial charge in [-0.3, -0.25) is 0 Å². The molecule has 108 valence electrons. The number of methoxy groups -OCH3 is 1. The minimum atomic E-state index is -0.743. The molecule has 0 bridgehead atoms. The summed E-state index contributed by atoms with van der Waals surface area (Å²) in [5.41, 5.74) is 0.750. The standard InChI is InChI=1S/C15H23F2NO/c1-4-9-18-13(6-5-10-19-3)12-8-7-11(2)14(16)15(12)17/h7-8,13,18H,4-6,9-10H2,1-3H3. The lowest BCUT2D eigenvalue weighted by Gasteiger charge is -2.20. The highest BCUT2D eigenvalue weighted by Crippen LogP contribution is 2.25. The van der Waals surface area contributed by atoms with Crippen LogP contribution in [-0.4, -0.2) is 20.3 Å². The van der Waals surface area contributed by atoms with E-state index in [0.717, 1.165) is 25.8 Å². The largest absolute Gasteiger partial charge is 0.385 e. The smallest absolute Gasteiger partial charge is 0.163 e. The normalized spacial score (nSPS) is 12.7. The molecule has 0 spiro atoms. The van der Waals surface area contributed by atoms with Gasteiger partial charge in [0.25, 0.3) is 0 Å². The van der Waals surface area contributed by atoms with E-state index < -0.39 is 11.6 Å². The minimum Gasteiger partial charge on any atom is -0.385 e. The van der Waals surface area contributed by atoms with Crippen LogP contribution in [0.15, 0.2) is 12.1 Å². The molecule has 0 aliphatic carbocycles. The monoisotopic (exact) mass is 271 g/mol. The summed E-state index contributed by atoms with van der Waals surface area (Å²) in [5.74, 6) is -1.47. The number of ether oxygens (including phenoxy) is 1. The zero-order chi connectivity index (χ0) is 14.3. The molecular formula is C15H23F2NO. The predicted molar refractivity (Wildman–Crippen MR) is 73.2 cm³/mol. The molecule has 0 saturated heterocycles. The first-order valence-corrected chi connectivity index (χ1v) is 6.78. The molecule has 1 aromatic rings. The van der Waals surface area contributed by atoms with E-state index in [4.69, 9.17) is 4.74 Å². The molecule has 0 aliphatic rings. The van der Waals surface area contributed by atoms with Crippen molar-refractivity contribution in [2.45, 2.75) is 39.2 Å². The zero-order valence-electron chi connectivity index (χ0n) is 11.9. The number of hydrogen-bond donors (Lipinski definition) is 1. The van der Waals surface area contributed by atoms with E-state index in [1.165, 1.54) is 0 Å². The molecule has 1 atom stereocenters. The number of aryl methyl sites for hydroxylation is 1. The van der Waals surface area contributed by atoms with Crippen molar-refractivity contribution in [1.82, 2.24) is 5.32 Å². The summed E-state index contributed by atoms with van der Waals surface area (Å²) in [6.07, 6.45) is 2.50. The Balaban J connectivity index is 2.86. The van der Waals surface area contributed by atoms with Crippen LogP contribution in [0, 0.1) is 18.6 Å². The predicted octanol–water partition coefficient (Wildman–Crippen LogP) is 3.74. The number of benzene rings is 1. The summed E-state index contributed by atoms with van der Waals surface area (Å²) in [6.45, 7) is 5.03. The molecule has 2 nitrogen and oxygen atoms in total. The van der Waals surface area contributed by atoms with Gasteiger partial charge in [-0.1, -0.05) is 19.1 Å². The number of rotatable bonds is 8. The molecule has 4 heteroatoms. The highest BCUT2D eigenvalue weighted by molar-refractivity contribution is 5.27. The highest BCUT2D eigenvalue weighted by Gasteiger charge is 2.18. The van der Waals surface area contributed by atoms with Crippen LogP contribution in [-0.2, 0) is 4.74 Å². The van der Waals surface area contributed by atoms with Gasteiger partial charge in [0.1, 0.15) is 0 Å². The van der Waals surface area contributed by atoms with Crippen LogP contribution in [0.5, 0.6) is 0 Å². The minimum absolute atomic E-state index is 0.162. The third kappa shape index (κ3) is 4.55. The van der Waals surface area contributed by atoms with Gasteiger partial charge >= 0.3 is 0 Å². The van der Waals surface area contributed by atoms with Crippen molar-refractivity contribution in [3.05, 3.63) is 34.9 Å². The van der Waals surface area contributed by atoms with Gasteiger partial charge in [-0.15, -0.1) is 0 Å². The van der Waals surface area contributed by atoms with Crippen LogP contribution in [0.1, 0.15) is 43.4 Å². The Kier molecular flexibility index (Phi) is 6.95. The molecule has 0 saturated carbocycles. The van der Waals surface area contributed by atoms with E-state index in [1.54, 1.807) is 26.2 Å². The molecule has 0 heterocycles. The Morgan fingerprint density at radius 3 is 2.63 bits per heavy atom. The van der Waals surface area contributed by atoms with Gasteiger partial charge in [-0.25, -0.2) is 8.78 Å². The lowest BCUT2D eigenvalue weighted by Crippen LogP contribution is -2.24. The van der Waals surface area contributed by atoms with Gasteiger partial charge in [0.2, 0.25) is 0 Å². The van der Waals surface area contributed by atoms with Crippen molar-refractivity contribution >= 4 is 0 Å². The molecule has 19 heavy (non-hydrogen) atoms. The van der Waals surface area contributed by atoms with Gasteiger partial charge in [0, 0.05) is 25.3 Å². The average Bonchev–Trinajstić information content (AvgIpc) is 2.41. The maximum Gasteiger partial charge on any atom is 0.163 e. The Hall–Kier alpha value is -1.00. The fourth-order valence-corrected chi connectivity index (χ4v) is 2.05. The quantitative estimate of drug-likeness (QED) is 0.727. The van der Waals surface area contributed by atoms with E-state index in [2.05, 4.69) is 5.32 Å². The second-order valence-electron chi connectivity index (χ2n) is 4.74. The third-order valence-corrected chi connectivity index (χ3v) is 3.16. The topological polar surface area (TPSA) is 21.3 Å². The average molecular weight is 271 g/mol. The first-order chi connectivity index (χ1) is 9.11. The van der Waals surface area contributed by atoms with Gasteiger partial charge in [-0.2, -0.15) is 0 Å². The molecule has 1 N–H and O–H groups in total. The first-order valence-electron chi connectivity index (χ1n) is 6.78. The van der Waals surface area contributed by atoms with E-state index in [0.29, 0.717) is 17.7 Å². The van der Waals surface area contributed by atoms with Crippen LogP contribution in [0.25, 0.3) is 0 Å². The van der Waals surface area contributed by atoms with Gasteiger partial charge in [-0.05, 0) is 38.3 Å². The molecular weight excluding hydrogens is 248 g/mol. The number of nitrogens with one attached hydrogen (secondary N) is 1. The third-order valence-electron chi connectivity index (χ3n) is 3.16. The van der Waals surface area contributed by atoms with Crippen LogP contribution in [0.3, 0.4) is 0 Å². The number of hydrogen-bond acceptors (Lipinski definition) is 2. The Morgan fingerprint density at radius 1 is 1.26 bits per heavy atom. The molecule has 0 aromatic heterocycles. The van der Waals surface area contributed by atoms with E-state index >= 15 is 0 Å². The summed E-state index contributed by atoms with van der Waals surface area (Å²) < 4.78 is 32.6. The molecule has 0 fully saturated rings. The SMILES string of the molecule is CCCNC(CCCOC)c1ccc(C)c(F)c1F. The molecule has 0 amide bonds. The Labute approximate surface area is 114 Å². The Bertz CT molecular complexity index is 396.